The molecule has 0 aliphatic carbocycles. The Hall–Kier alpha value is -2.83. The lowest BCUT2D eigenvalue weighted by atomic mass is 10.1. The van der Waals surface area contributed by atoms with Crippen LogP contribution in [0.3, 0.4) is 0 Å². The lowest BCUT2D eigenvalue weighted by Gasteiger charge is -2.10. The predicted molar refractivity (Wildman–Crippen MR) is 92.4 cm³/mol. The van der Waals surface area contributed by atoms with Crippen molar-refractivity contribution < 1.29 is 17.6 Å². The van der Waals surface area contributed by atoms with Crippen LogP contribution in [0.1, 0.15) is 10.4 Å². The minimum Gasteiger partial charge on any atom is -0.340 e. The van der Waals surface area contributed by atoms with Gasteiger partial charge in [-0.25, -0.2) is 22.5 Å². The van der Waals surface area contributed by atoms with Crippen LogP contribution < -0.4 is 10.3 Å². The van der Waals surface area contributed by atoms with Crippen molar-refractivity contribution >= 4 is 27.5 Å². The summed E-state index contributed by atoms with van der Waals surface area (Å²) in [5.41, 5.74) is 2.35. The fourth-order valence-corrected chi connectivity index (χ4v) is 3.34. The van der Waals surface area contributed by atoms with Gasteiger partial charge < -0.3 is 4.57 Å². The molecule has 0 saturated carbocycles. The average molecular weight is 414 g/mol. The Morgan fingerprint density at radius 2 is 2.04 bits per heavy atom. The number of benzene rings is 1. The van der Waals surface area contributed by atoms with E-state index in [1.165, 1.54) is 25.5 Å². The molecule has 142 valence electrons. The lowest BCUT2D eigenvalue weighted by Crippen LogP contribution is -2.42. The van der Waals surface area contributed by atoms with Gasteiger partial charge in [-0.05, 0) is 12.1 Å². The Labute approximate surface area is 158 Å². The fraction of sp³-hybridized carbons (Fsp3) is 0.143. The van der Waals surface area contributed by atoms with Gasteiger partial charge in [0.1, 0.15) is 0 Å². The van der Waals surface area contributed by atoms with Gasteiger partial charge in [0.2, 0.25) is 0 Å². The first kappa shape index (κ1) is 18.9. The SMILES string of the molecule is Cn1cnc(-c2cc(Cl)c(F)c(C(=O)NNS(=O)(=O)c3cnnn3C)c2)c1. The summed E-state index contributed by atoms with van der Waals surface area (Å²) in [6.45, 7) is 0. The van der Waals surface area contributed by atoms with Crippen LogP contribution in [0.25, 0.3) is 11.3 Å². The van der Waals surface area contributed by atoms with Crippen molar-refractivity contribution in [3.05, 3.63) is 47.3 Å². The van der Waals surface area contributed by atoms with Gasteiger partial charge in [-0.2, -0.15) is 0 Å². The van der Waals surface area contributed by atoms with Crippen LogP contribution in [0.5, 0.6) is 0 Å². The molecule has 0 bridgehead atoms. The zero-order chi connectivity index (χ0) is 19.8. The quantitative estimate of drug-likeness (QED) is 0.591. The summed E-state index contributed by atoms with van der Waals surface area (Å²) in [7, 11) is -1.04. The molecule has 3 rings (SSSR count). The number of imidazole rings is 1. The Balaban J connectivity index is 1.86. The van der Waals surface area contributed by atoms with Gasteiger partial charge in [-0.3, -0.25) is 10.2 Å². The molecule has 0 spiro atoms. The highest BCUT2D eigenvalue weighted by atomic mass is 35.5. The number of nitrogens with zero attached hydrogens (tertiary/aromatic N) is 5. The number of hydrogen-bond donors (Lipinski definition) is 2. The lowest BCUT2D eigenvalue weighted by molar-refractivity contribution is 0.0941. The van der Waals surface area contributed by atoms with Crippen molar-refractivity contribution in [2.24, 2.45) is 14.1 Å². The minimum absolute atomic E-state index is 0.288. The molecule has 0 atom stereocenters. The van der Waals surface area contributed by atoms with Gasteiger partial charge in [0, 0.05) is 25.9 Å². The van der Waals surface area contributed by atoms with Gasteiger partial charge >= 0.3 is 0 Å². The van der Waals surface area contributed by atoms with Crippen LogP contribution in [0, 0.1) is 5.82 Å². The average Bonchev–Trinajstić information content (AvgIpc) is 3.24. The van der Waals surface area contributed by atoms with E-state index in [2.05, 4.69) is 15.3 Å². The van der Waals surface area contributed by atoms with Crippen LogP contribution in [0.15, 0.2) is 35.9 Å². The highest BCUT2D eigenvalue weighted by Crippen LogP contribution is 2.27. The molecule has 1 amide bonds. The number of hydrazine groups is 1. The van der Waals surface area contributed by atoms with Gasteiger partial charge in [-0.1, -0.05) is 16.8 Å². The third-order valence-corrected chi connectivity index (χ3v) is 5.09. The van der Waals surface area contributed by atoms with Crippen LogP contribution in [0.2, 0.25) is 5.02 Å². The van der Waals surface area contributed by atoms with Crippen molar-refractivity contribution in [1.29, 1.82) is 0 Å². The summed E-state index contributed by atoms with van der Waals surface area (Å²) in [5.74, 6) is -2.03. The van der Waals surface area contributed by atoms with E-state index in [0.717, 1.165) is 10.9 Å². The van der Waals surface area contributed by atoms with Gasteiger partial charge in [-0.15, -0.1) is 9.93 Å². The van der Waals surface area contributed by atoms with E-state index in [1.54, 1.807) is 17.8 Å². The molecule has 13 heteroatoms. The fourth-order valence-electron chi connectivity index (χ4n) is 2.22. The largest absolute Gasteiger partial charge is 0.340 e. The molecule has 0 radical (unpaired) electrons. The summed E-state index contributed by atoms with van der Waals surface area (Å²) in [6, 6.07) is 2.54. The summed E-state index contributed by atoms with van der Waals surface area (Å²) in [4.78, 5) is 18.3. The number of halogens is 2. The molecule has 0 unspecified atom stereocenters. The topological polar surface area (TPSA) is 124 Å². The normalized spacial score (nSPS) is 11.6. The zero-order valence-corrected chi connectivity index (χ0v) is 15.6. The number of aryl methyl sites for hydroxylation is 2. The van der Waals surface area contributed by atoms with Crippen LogP contribution >= 0.6 is 11.6 Å². The van der Waals surface area contributed by atoms with Gasteiger partial charge in [0.15, 0.2) is 10.8 Å². The molecule has 2 N–H and O–H groups in total. The number of carbonyl (C=O) groups is 1. The maximum absolute atomic E-state index is 14.3. The Morgan fingerprint density at radius 3 is 2.63 bits per heavy atom. The number of aromatic nitrogens is 5. The number of nitrogens with one attached hydrogen (secondary N) is 2. The summed E-state index contributed by atoms with van der Waals surface area (Å²) >= 11 is 5.86. The van der Waals surface area contributed by atoms with Gasteiger partial charge in [0.25, 0.3) is 15.9 Å². The number of hydrogen-bond acceptors (Lipinski definition) is 6. The number of sulfonamides is 1. The van der Waals surface area contributed by atoms with E-state index >= 15 is 0 Å². The summed E-state index contributed by atoms with van der Waals surface area (Å²) < 4.78 is 41.2. The van der Waals surface area contributed by atoms with Crippen LogP contribution in [0.4, 0.5) is 4.39 Å². The van der Waals surface area contributed by atoms with Crippen molar-refractivity contribution in [2.75, 3.05) is 0 Å². The second-order valence-corrected chi connectivity index (χ2v) is 7.54. The van der Waals surface area contributed by atoms with E-state index in [1.807, 2.05) is 10.3 Å². The second kappa shape index (κ2) is 7.06. The molecule has 2 aromatic heterocycles. The van der Waals surface area contributed by atoms with Crippen molar-refractivity contribution in [3.8, 4) is 11.3 Å². The Morgan fingerprint density at radius 1 is 1.30 bits per heavy atom. The highest BCUT2D eigenvalue weighted by Gasteiger charge is 2.22. The first-order valence-electron chi connectivity index (χ1n) is 7.33. The third-order valence-electron chi connectivity index (χ3n) is 3.52. The first-order chi connectivity index (χ1) is 12.7. The molecule has 0 aliphatic rings. The molecule has 2 heterocycles. The minimum atomic E-state index is -4.15. The number of rotatable bonds is 5. The summed E-state index contributed by atoms with van der Waals surface area (Å²) in [5, 5.41) is 6.34. The van der Waals surface area contributed by atoms with E-state index in [0.29, 0.717) is 11.3 Å². The molecular weight excluding hydrogens is 401 g/mol. The monoisotopic (exact) mass is 413 g/mol. The maximum Gasteiger partial charge on any atom is 0.276 e. The van der Waals surface area contributed by atoms with Crippen LogP contribution in [-0.2, 0) is 24.1 Å². The zero-order valence-electron chi connectivity index (χ0n) is 14.0. The third kappa shape index (κ3) is 3.82. The smallest absolute Gasteiger partial charge is 0.276 e. The van der Waals surface area contributed by atoms with Crippen LogP contribution in [-0.4, -0.2) is 38.9 Å². The molecule has 0 aliphatic heterocycles. The Bertz CT molecular complexity index is 1130. The second-order valence-electron chi connectivity index (χ2n) is 5.50. The number of amides is 1. The molecule has 0 saturated heterocycles. The maximum atomic E-state index is 14.3. The number of carbonyl (C=O) groups excluding carboxylic acids is 1. The van der Waals surface area contributed by atoms with Crippen molar-refractivity contribution in [3.63, 3.8) is 0 Å². The summed E-state index contributed by atoms with van der Waals surface area (Å²) in [6.07, 6.45) is 4.18. The molecule has 10 nitrogen and oxygen atoms in total. The highest BCUT2D eigenvalue weighted by molar-refractivity contribution is 7.89. The van der Waals surface area contributed by atoms with E-state index in [-0.39, 0.29) is 10.0 Å². The molecule has 27 heavy (non-hydrogen) atoms. The van der Waals surface area contributed by atoms with E-state index < -0.39 is 27.3 Å². The molecule has 0 fully saturated rings. The van der Waals surface area contributed by atoms with Gasteiger partial charge in [0.05, 0.1) is 28.8 Å². The molecule has 3 aromatic rings. The predicted octanol–water partition coefficient (Wildman–Crippen LogP) is 0.631. The standard InChI is InChI=1S/C14H13ClFN7O3S/c1-22-6-11(17-7-22)8-3-9(13(16)10(15)4-8)14(24)19-21-27(25,26)12-5-18-20-23(12)2/h3-7,21H,1-2H3,(H,19,24). The molecule has 1 aromatic carbocycles. The first-order valence-corrected chi connectivity index (χ1v) is 9.19. The van der Waals surface area contributed by atoms with E-state index in [4.69, 9.17) is 11.6 Å². The van der Waals surface area contributed by atoms with Crippen molar-refractivity contribution in [2.45, 2.75) is 5.03 Å². The van der Waals surface area contributed by atoms with E-state index in [9.17, 15) is 17.6 Å². The molecular formula is C14H13ClFN7O3S. The van der Waals surface area contributed by atoms with Crippen molar-refractivity contribution in [1.82, 2.24) is 34.8 Å². The Kier molecular flexibility index (Phi) is 4.95.